The molecule has 0 spiro atoms. The number of pyridine rings is 1. The first kappa shape index (κ1) is 26.4. The van der Waals surface area contributed by atoms with Crippen LogP contribution in [-0.2, 0) is 16.0 Å². The zero-order valence-corrected chi connectivity index (χ0v) is 22.0. The molecule has 0 saturated heterocycles. The van der Waals surface area contributed by atoms with Crippen LogP contribution in [0.2, 0.25) is 0 Å². The molecule has 9 heteroatoms. The number of imidazole rings is 1. The highest BCUT2D eigenvalue weighted by atomic mass is 16.2. The summed E-state index contributed by atoms with van der Waals surface area (Å²) in [5.74, 6) is -0.0867. The van der Waals surface area contributed by atoms with Gasteiger partial charge >= 0.3 is 5.69 Å². The molecule has 1 fully saturated rings. The van der Waals surface area contributed by atoms with Crippen LogP contribution in [0.3, 0.4) is 0 Å². The van der Waals surface area contributed by atoms with E-state index in [0.717, 1.165) is 47.9 Å². The number of H-pyrrole nitrogens is 2. The zero-order valence-electron chi connectivity index (χ0n) is 22.0. The maximum absolute atomic E-state index is 13.6. The molecule has 0 bridgehead atoms. The molecule has 9 nitrogen and oxygen atoms in total. The topological polar surface area (TPSA) is 146 Å². The normalized spacial score (nSPS) is 18.0. The van der Waals surface area contributed by atoms with Gasteiger partial charge in [0, 0.05) is 30.4 Å². The van der Waals surface area contributed by atoms with Gasteiger partial charge in [-0.05, 0) is 91.6 Å². The van der Waals surface area contributed by atoms with Crippen LogP contribution >= 0.6 is 0 Å². The van der Waals surface area contributed by atoms with Gasteiger partial charge in [-0.25, -0.2) is 4.79 Å². The van der Waals surface area contributed by atoms with Crippen molar-refractivity contribution in [1.82, 2.24) is 20.3 Å². The number of nitrogens with one attached hydrogen (secondary N) is 4. The van der Waals surface area contributed by atoms with Gasteiger partial charge in [0.1, 0.15) is 6.04 Å². The monoisotopic (exact) mass is 526 g/mol. The van der Waals surface area contributed by atoms with Gasteiger partial charge in [-0.3, -0.25) is 14.6 Å². The van der Waals surface area contributed by atoms with Crippen LogP contribution in [0, 0.1) is 18.8 Å². The molecule has 2 aromatic heterocycles. The van der Waals surface area contributed by atoms with E-state index in [9.17, 15) is 14.4 Å². The number of nitrogens with two attached hydrogens (primary N) is 1. The molecule has 0 aliphatic heterocycles. The number of aromatic nitrogens is 3. The number of benzene rings is 2. The molecule has 1 aliphatic carbocycles. The first-order valence-electron chi connectivity index (χ1n) is 13.4. The molecule has 2 amide bonds. The molecule has 4 aromatic rings. The fourth-order valence-corrected chi connectivity index (χ4v) is 5.40. The van der Waals surface area contributed by atoms with E-state index in [0.29, 0.717) is 35.6 Å². The number of aromatic amines is 2. The van der Waals surface area contributed by atoms with Gasteiger partial charge in [0.25, 0.3) is 0 Å². The van der Waals surface area contributed by atoms with Gasteiger partial charge in [0.15, 0.2) is 0 Å². The summed E-state index contributed by atoms with van der Waals surface area (Å²) in [6.07, 6.45) is 7.32. The summed E-state index contributed by atoms with van der Waals surface area (Å²) in [6.45, 7) is 2.66. The van der Waals surface area contributed by atoms with Crippen molar-refractivity contribution in [2.75, 3.05) is 11.9 Å². The molecule has 0 unspecified atom stereocenters. The first-order chi connectivity index (χ1) is 18.9. The largest absolute Gasteiger partial charge is 0.344 e. The molecular formula is C30H34N6O3. The Bertz CT molecular complexity index is 1530. The van der Waals surface area contributed by atoms with Crippen molar-refractivity contribution in [3.05, 3.63) is 82.5 Å². The molecule has 0 radical (unpaired) electrons. The van der Waals surface area contributed by atoms with E-state index in [1.54, 1.807) is 24.4 Å². The number of fused-ring (bicyclic) bond motifs is 1. The third-order valence-electron chi connectivity index (χ3n) is 7.67. The predicted molar refractivity (Wildman–Crippen MR) is 152 cm³/mol. The predicted octanol–water partition coefficient (Wildman–Crippen LogP) is 3.66. The summed E-state index contributed by atoms with van der Waals surface area (Å²) in [6, 6.07) is 14.4. The van der Waals surface area contributed by atoms with Crippen LogP contribution in [0.15, 0.2) is 65.7 Å². The van der Waals surface area contributed by atoms with E-state index in [-0.39, 0.29) is 23.4 Å². The molecule has 202 valence electrons. The summed E-state index contributed by atoms with van der Waals surface area (Å²) in [5, 5.41) is 5.97. The molecule has 5 rings (SSSR count). The van der Waals surface area contributed by atoms with E-state index in [2.05, 4.69) is 31.7 Å². The quantitative estimate of drug-likeness (QED) is 0.238. The number of nitrogens with zero attached hydrogens (tertiary/aromatic N) is 1. The van der Waals surface area contributed by atoms with Gasteiger partial charge in [-0.15, -0.1) is 0 Å². The average Bonchev–Trinajstić information content (AvgIpc) is 3.32. The van der Waals surface area contributed by atoms with Crippen molar-refractivity contribution in [1.29, 1.82) is 0 Å². The Morgan fingerprint density at radius 3 is 2.62 bits per heavy atom. The fourth-order valence-electron chi connectivity index (χ4n) is 5.40. The lowest BCUT2D eigenvalue weighted by Gasteiger charge is -2.28. The Morgan fingerprint density at radius 2 is 1.85 bits per heavy atom. The maximum Gasteiger partial charge on any atom is 0.323 e. The Kier molecular flexibility index (Phi) is 7.88. The summed E-state index contributed by atoms with van der Waals surface area (Å²) in [7, 11) is 0. The number of carbonyl (C=O) groups is 2. The summed E-state index contributed by atoms with van der Waals surface area (Å²) < 4.78 is 0. The number of rotatable bonds is 8. The zero-order chi connectivity index (χ0) is 27.4. The number of hydrogen-bond donors (Lipinski definition) is 5. The van der Waals surface area contributed by atoms with Crippen molar-refractivity contribution < 1.29 is 9.59 Å². The number of hydrogen-bond acceptors (Lipinski definition) is 5. The molecule has 1 aliphatic rings. The third kappa shape index (κ3) is 6.26. The number of aryl methyl sites for hydroxylation is 1. The lowest BCUT2D eigenvalue weighted by Crippen LogP contribution is -2.48. The lowest BCUT2D eigenvalue weighted by molar-refractivity contribution is -0.130. The minimum atomic E-state index is -0.778. The van der Waals surface area contributed by atoms with Crippen molar-refractivity contribution in [3.8, 4) is 11.1 Å². The maximum atomic E-state index is 13.6. The Balaban J connectivity index is 1.37. The van der Waals surface area contributed by atoms with Crippen LogP contribution in [0.1, 0.15) is 36.8 Å². The van der Waals surface area contributed by atoms with E-state index >= 15 is 0 Å². The van der Waals surface area contributed by atoms with Crippen molar-refractivity contribution >= 4 is 28.5 Å². The van der Waals surface area contributed by atoms with Crippen LogP contribution in [0.5, 0.6) is 0 Å². The van der Waals surface area contributed by atoms with E-state index < -0.39 is 6.04 Å². The van der Waals surface area contributed by atoms with Crippen LogP contribution in [-0.4, -0.2) is 39.4 Å². The first-order valence-corrected chi connectivity index (χ1v) is 13.4. The van der Waals surface area contributed by atoms with Crippen molar-refractivity contribution in [2.24, 2.45) is 17.6 Å². The standard InChI is InChI=1S/C30H34N6O3/c1-18-17-32-12-11-24(18)22-4-2-3-20(13-22)14-27(34-28(37)21-7-5-19(16-31)6-8-21)29(38)33-23-9-10-25-26(15-23)36-30(39)35-25/h2-4,9-13,15,17,19,21,27H,5-8,14,16,31H2,1H3,(H,33,38)(H,34,37)(H2,35,36,39)/t19?,21?,27-/m0/s1. The second-order valence-electron chi connectivity index (χ2n) is 10.4. The van der Waals surface area contributed by atoms with Crippen molar-refractivity contribution in [2.45, 2.75) is 45.1 Å². The molecule has 2 heterocycles. The number of carbonyl (C=O) groups excluding carboxylic acids is 2. The summed E-state index contributed by atoms with van der Waals surface area (Å²) in [5.41, 5.74) is 11.4. The fraction of sp³-hybridized carbons (Fsp3) is 0.333. The van der Waals surface area contributed by atoms with Gasteiger partial charge in [-0.1, -0.05) is 24.3 Å². The Hall–Kier alpha value is -4.24. The minimum absolute atomic E-state index is 0.0998. The van der Waals surface area contributed by atoms with Crippen LogP contribution < -0.4 is 22.1 Å². The van der Waals surface area contributed by atoms with Gasteiger partial charge < -0.3 is 26.3 Å². The SMILES string of the molecule is Cc1cnccc1-c1cccc(C[C@H](NC(=O)C2CCC(CN)CC2)C(=O)Nc2ccc3[nH]c(=O)[nH]c3c2)c1. The third-order valence-corrected chi connectivity index (χ3v) is 7.67. The molecular weight excluding hydrogens is 492 g/mol. The molecule has 1 saturated carbocycles. The molecule has 39 heavy (non-hydrogen) atoms. The number of amides is 2. The lowest BCUT2D eigenvalue weighted by atomic mass is 9.81. The van der Waals surface area contributed by atoms with Crippen LogP contribution in [0.4, 0.5) is 5.69 Å². The Labute approximate surface area is 226 Å². The van der Waals surface area contributed by atoms with E-state index in [1.807, 2.05) is 37.4 Å². The van der Waals surface area contributed by atoms with Gasteiger partial charge in [0.05, 0.1) is 11.0 Å². The van der Waals surface area contributed by atoms with Crippen molar-refractivity contribution in [3.63, 3.8) is 0 Å². The number of anilines is 1. The highest BCUT2D eigenvalue weighted by Crippen LogP contribution is 2.29. The van der Waals surface area contributed by atoms with E-state index in [4.69, 9.17) is 5.73 Å². The second kappa shape index (κ2) is 11.7. The Morgan fingerprint density at radius 1 is 1.05 bits per heavy atom. The average molecular weight is 527 g/mol. The molecule has 2 aromatic carbocycles. The smallest absolute Gasteiger partial charge is 0.323 e. The highest BCUT2D eigenvalue weighted by molar-refractivity contribution is 5.98. The van der Waals surface area contributed by atoms with Gasteiger partial charge in [-0.2, -0.15) is 0 Å². The van der Waals surface area contributed by atoms with Crippen LogP contribution in [0.25, 0.3) is 22.2 Å². The molecule has 6 N–H and O–H groups in total. The minimum Gasteiger partial charge on any atom is -0.344 e. The van der Waals surface area contributed by atoms with Gasteiger partial charge in [0.2, 0.25) is 11.8 Å². The summed E-state index contributed by atoms with van der Waals surface area (Å²) in [4.78, 5) is 48.1. The molecule has 1 atom stereocenters. The second-order valence-corrected chi connectivity index (χ2v) is 10.4. The van der Waals surface area contributed by atoms with E-state index in [1.165, 1.54) is 0 Å². The highest BCUT2D eigenvalue weighted by Gasteiger charge is 2.29. The summed E-state index contributed by atoms with van der Waals surface area (Å²) >= 11 is 0.